The zero-order valence-corrected chi connectivity index (χ0v) is 20.8. The van der Waals surface area contributed by atoms with Crippen LogP contribution in [-0.4, -0.2) is 38.1 Å². The summed E-state index contributed by atoms with van der Waals surface area (Å²) in [5.74, 6) is 0. The van der Waals surface area contributed by atoms with Crippen molar-refractivity contribution >= 4 is 58.8 Å². The van der Waals surface area contributed by atoms with Crippen LogP contribution in [0.3, 0.4) is 0 Å². The highest BCUT2D eigenvalue weighted by atomic mass is 28.4. The molecule has 4 rings (SSSR count). The minimum absolute atomic E-state index is 0.226. The summed E-state index contributed by atoms with van der Waals surface area (Å²) in [4.78, 5) is 0. The quantitative estimate of drug-likeness (QED) is 0.332. The Bertz CT molecular complexity index is 937. The molecule has 7 heteroatoms. The van der Waals surface area contributed by atoms with Crippen molar-refractivity contribution in [2.24, 2.45) is 0 Å². The number of rotatable bonds is 10. The molecule has 0 atom stereocenters. The fourth-order valence-corrected chi connectivity index (χ4v) is 9.65. The molecular formula is C24H20O3Si4. The van der Waals surface area contributed by atoms with Gasteiger partial charge in [-0.25, -0.2) is 0 Å². The minimum Gasteiger partial charge on any atom is -0.428 e. The lowest BCUT2D eigenvalue weighted by molar-refractivity contribution is 0.408. The second kappa shape index (κ2) is 11.9. The number of benzene rings is 4. The highest BCUT2D eigenvalue weighted by Crippen LogP contribution is 2.00. The lowest BCUT2D eigenvalue weighted by atomic mass is 10.4. The van der Waals surface area contributed by atoms with Gasteiger partial charge in [-0.1, -0.05) is 121 Å². The largest absolute Gasteiger partial charge is 0.428 e. The summed E-state index contributed by atoms with van der Waals surface area (Å²) in [6, 6.07) is 40.9. The first-order valence-electron chi connectivity index (χ1n) is 9.87. The highest BCUT2D eigenvalue weighted by Gasteiger charge is 2.29. The molecule has 6 radical (unpaired) electrons. The van der Waals surface area contributed by atoms with Crippen LogP contribution in [0.25, 0.3) is 0 Å². The van der Waals surface area contributed by atoms with Gasteiger partial charge in [0.15, 0.2) is 0 Å². The summed E-state index contributed by atoms with van der Waals surface area (Å²) in [5.41, 5.74) is 0. The van der Waals surface area contributed by atoms with Crippen LogP contribution < -0.4 is 20.7 Å². The van der Waals surface area contributed by atoms with E-state index in [9.17, 15) is 0 Å². The standard InChI is InChI=1S/C24H20O3Si4/c1-5-13-21(14-6-1)28-25-30(23-17-9-3-10-18-23)27-31(24-19-11-4-12-20-24)26-29-22-15-7-2-8-16-22/h1-20H. The molecule has 0 aliphatic heterocycles. The van der Waals surface area contributed by atoms with E-state index in [1.54, 1.807) is 0 Å². The molecule has 4 aromatic rings. The zero-order chi connectivity index (χ0) is 21.1. The SMILES string of the molecule is c1ccc([Si]O[Si](O[Si](O[Si]c2ccccc2)c2ccccc2)c2ccccc2)cc1. The summed E-state index contributed by atoms with van der Waals surface area (Å²) in [7, 11) is -3.01. The summed E-state index contributed by atoms with van der Waals surface area (Å²) in [5, 5.41) is 4.48. The Morgan fingerprint density at radius 1 is 0.419 bits per heavy atom. The molecule has 0 spiro atoms. The Balaban J connectivity index is 1.53. The fourth-order valence-electron chi connectivity index (χ4n) is 2.73. The third-order valence-electron chi connectivity index (χ3n) is 4.28. The van der Waals surface area contributed by atoms with E-state index >= 15 is 0 Å². The van der Waals surface area contributed by atoms with Gasteiger partial charge < -0.3 is 12.3 Å². The van der Waals surface area contributed by atoms with Gasteiger partial charge >= 0.3 is 18.6 Å². The fraction of sp³-hybridized carbons (Fsp3) is 0. The van der Waals surface area contributed by atoms with Gasteiger partial charge in [0.2, 0.25) is 0 Å². The summed E-state index contributed by atoms with van der Waals surface area (Å²) < 4.78 is 19.4. The van der Waals surface area contributed by atoms with E-state index in [-0.39, 0.29) is 19.5 Å². The maximum absolute atomic E-state index is 6.64. The molecule has 0 aliphatic carbocycles. The van der Waals surface area contributed by atoms with Crippen molar-refractivity contribution in [2.75, 3.05) is 0 Å². The third kappa shape index (κ3) is 6.81. The molecule has 31 heavy (non-hydrogen) atoms. The minimum atomic E-state index is -1.73. The number of hydrogen-bond acceptors (Lipinski definition) is 3. The smallest absolute Gasteiger partial charge is 0.403 e. The van der Waals surface area contributed by atoms with E-state index in [2.05, 4.69) is 48.5 Å². The Morgan fingerprint density at radius 2 is 0.742 bits per heavy atom. The zero-order valence-electron chi connectivity index (χ0n) is 16.8. The lowest BCUT2D eigenvalue weighted by Crippen LogP contribution is -2.50. The van der Waals surface area contributed by atoms with Crippen molar-refractivity contribution in [1.82, 2.24) is 0 Å². The van der Waals surface area contributed by atoms with Crippen molar-refractivity contribution < 1.29 is 12.3 Å². The second-order valence-corrected chi connectivity index (χ2v) is 12.9. The van der Waals surface area contributed by atoms with Gasteiger partial charge in [0, 0.05) is 0 Å². The topological polar surface area (TPSA) is 27.7 Å². The molecule has 0 heterocycles. The molecule has 0 unspecified atom stereocenters. The van der Waals surface area contributed by atoms with Gasteiger partial charge in [0.1, 0.15) is 0 Å². The van der Waals surface area contributed by atoms with Crippen LogP contribution in [0, 0.1) is 0 Å². The molecule has 150 valence electrons. The first kappa shape index (κ1) is 21.8. The first-order chi connectivity index (χ1) is 15.4. The molecular weight excluding hydrogens is 449 g/mol. The average Bonchev–Trinajstić information content (AvgIpc) is 2.86. The molecule has 0 N–H and O–H groups in total. The molecule has 0 aromatic heterocycles. The van der Waals surface area contributed by atoms with E-state index in [0.717, 1.165) is 20.7 Å². The van der Waals surface area contributed by atoms with Crippen molar-refractivity contribution in [3.05, 3.63) is 121 Å². The maximum atomic E-state index is 6.64. The Morgan fingerprint density at radius 3 is 1.10 bits per heavy atom. The van der Waals surface area contributed by atoms with E-state index < -0.39 is 18.6 Å². The van der Waals surface area contributed by atoms with Gasteiger partial charge in [0.05, 0.1) is 0 Å². The lowest BCUT2D eigenvalue weighted by Gasteiger charge is -2.22. The van der Waals surface area contributed by atoms with E-state index in [1.165, 1.54) is 0 Å². The normalized spacial score (nSPS) is 11.2. The molecule has 0 bridgehead atoms. The molecule has 0 fully saturated rings. The maximum Gasteiger partial charge on any atom is 0.403 e. The van der Waals surface area contributed by atoms with Crippen LogP contribution in [0.15, 0.2) is 121 Å². The molecule has 0 saturated carbocycles. The number of hydrogen-bond donors (Lipinski definition) is 0. The first-order valence-corrected chi connectivity index (χ1v) is 14.3. The van der Waals surface area contributed by atoms with Crippen molar-refractivity contribution in [3.63, 3.8) is 0 Å². The van der Waals surface area contributed by atoms with Gasteiger partial charge in [-0.15, -0.1) is 0 Å². The van der Waals surface area contributed by atoms with Crippen LogP contribution in [-0.2, 0) is 12.3 Å². The molecule has 0 saturated heterocycles. The average molecular weight is 469 g/mol. The van der Waals surface area contributed by atoms with Crippen LogP contribution in [0.1, 0.15) is 0 Å². The molecule has 4 aromatic carbocycles. The van der Waals surface area contributed by atoms with Gasteiger partial charge in [-0.2, -0.15) is 0 Å². The monoisotopic (exact) mass is 468 g/mol. The van der Waals surface area contributed by atoms with Crippen LogP contribution in [0.5, 0.6) is 0 Å². The van der Waals surface area contributed by atoms with Crippen LogP contribution in [0.2, 0.25) is 0 Å². The Kier molecular flexibility index (Phi) is 8.36. The van der Waals surface area contributed by atoms with Crippen molar-refractivity contribution in [2.45, 2.75) is 0 Å². The third-order valence-corrected chi connectivity index (χ3v) is 10.8. The molecule has 3 nitrogen and oxygen atoms in total. The van der Waals surface area contributed by atoms with Gasteiger partial charge in [-0.05, 0) is 20.7 Å². The van der Waals surface area contributed by atoms with E-state index in [4.69, 9.17) is 12.3 Å². The molecule has 0 amide bonds. The second-order valence-electron chi connectivity index (χ2n) is 6.55. The van der Waals surface area contributed by atoms with E-state index in [1.807, 2.05) is 72.8 Å². The van der Waals surface area contributed by atoms with Gasteiger partial charge in [-0.3, -0.25) is 0 Å². The summed E-state index contributed by atoms with van der Waals surface area (Å²) >= 11 is 0. The highest BCUT2D eigenvalue weighted by molar-refractivity contribution is 6.79. The summed E-state index contributed by atoms with van der Waals surface area (Å²) in [6.45, 7) is 0. The molecule has 0 aliphatic rings. The van der Waals surface area contributed by atoms with E-state index in [0.29, 0.717) is 0 Å². The predicted molar refractivity (Wildman–Crippen MR) is 131 cm³/mol. The Hall–Kier alpha value is -2.37. The van der Waals surface area contributed by atoms with Crippen LogP contribution in [0.4, 0.5) is 0 Å². The summed E-state index contributed by atoms with van der Waals surface area (Å²) in [6.07, 6.45) is 0. The van der Waals surface area contributed by atoms with Gasteiger partial charge in [0.25, 0.3) is 19.5 Å². The Labute approximate surface area is 192 Å². The van der Waals surface area contributed by atoms with Crippen molar-refractivity contribution in [3.8, 4) is 0 Å². The predicted octanol–water partition coefficient (Wildman–Crippen LogP) is 1.72. The van der Waals surface area contributed by atoms with Crippen LogP contribution >= 0.6 is 0 Å². The van der Waals surface area contributed by atoms with Crippen molar-refractivity contribution in [1.29, 1.82) is 0 Å².